The van der Waals surface area contributed by atoms with E-state index in [4.69, 9.17) is 5.11 Å². The van der Waals surface area contributed by atoms with Gasteiger partial charge in [0.1, 0.15) is 0 Å². The summed E-state index contributed by atoms with van der Waals surface area (Å²) >= 11 is 1.71. The molecule has 0 saturated heterocycles. The zero-order valence-corrected chi connectivity index (χ0v) is 8.45. The van der Waals surface area contributed by atoms with Crippen molar-refractivity contribution in [2.45, 2.75) is 33.1 Å². The van der Waals surface area contributed by atoms with Crippen molar-refractivity contribution in [3.8, 4) is 0 Å². The summed E-state index contributed by atoms with van der Waals surface area (Å²) < 4.78 is 0. The average Bonchev–Trinajstić information content (AvgIpc) is 2.34. The first-order chi connectivity index (χ1) is 5.77. The molecule has 1 aromatic heterocycles. The Labute approximate surface area is 77.3 Å². The van der Waals surface area contributed by atoms with Crippen molar-refractivity contribution >= 4 is 11.3 Å². The largest absolute Gasteiger partial charge is 0.396 e. The van der Waals surface area contributed by atoms with Gasteiger partial charge in [-0.3, -0.25) is 0 Å². The Balaban J connectivity index is 2.70. The third-order valence-corrected chi connectivity index (χ3v) is 2.82. The Bertz CT molecular complexity index is 245. The monoisotopic (exact) mass is 185 g/mol. The summed E-state index contributed by atoms with van der Waals surface area (Å²) in [5.74, 6) is 0. The number of aromatic nitrogens is 1. The van der Waals surface area contributed by atoms with Gasteiger partial charge in [0.25, 0.3) is 0 Å². The number of hydrogen-bond donors (Lipinski definition) is 1. The third-order valence-electron chi connectivity index (χ3n) is 1.75. The summed E-state index contributed by atoms with van der Waals surface area (Å²) in [5, 5.41) is 9.78. The zero-order valence-electron chi connectivity index (χ0n) is 7.63. The van der Waals surface area contributed by atoms with E-state index in [1.165, 1.54) is 10.6 Å². The number of nitrogens with zero attached hydrogens (tertiary/aromatic N) is 1. The van der Waals surface area contributed by atoms with Crippen LogP contribution >= 0.6 is 11.3 Å². The predicted molar refractivity (Wildman–Crippen MR) is 51.6 cm³/mol. The molecule has 0 atom stereocenters. The van der Waals surface area contributed by atoms with Crippen LogP contribution in [0.15, 0.2) is 0 Å². The van der Waals surface area contributed by atoms with Gasteiger partial charge >= 0.3 is 0 Å². The highest BCUT2D eigenvalue weighted by atomic mass is 32.1. The second-order valence-electron chi connectivity index (χ2n) is 2.83. The number of aliphatic hydroxyl groups excluding tert-OH is 1. The van der Waals surface area contributed by atoms with Crippen molar-refractivity contribution in [3.63, 3.8) is 0 Å². The second-order valence-corrected chi connectivity index (χ2v) is 4.12. The minimum Gasteiger partial charge on any atom is -0.396 e. The molecule has 0 aliphatic rings. The summed E-state index contributed by atoms with van der Waals surface area (Å²) in [4.78, 5) is 5.75. The highest BCUT2D eigenvalue weighted by molar-refractivity contribution is 7.11. The SMILES string of the molecule is CCCc1nc(CCO)sc1C. The van der Waals surface area contributed by atoms with Crippen molar-refractivity contribution in [2.75, 3.05) is 6.61 Å². The molecule has 12 heavy (non-hydrogen) atoms. The van der Waals surface area contributed by atoms with Gasteiger partial charge in [0.05, 0.1) is 10.7 Å². The zero-order chi connectivity index (χ0) is 8.97. The van der Waals surface area contributed by atoms with E-state index < -0.39 is 0 Å². The molecule has 1 rings (SSSR count). The molecule has 1 heterocycles. The third kappa shape index (κ3) is 2.29. The van der Waals surface area contributed by atoms with Gasteiger partial charge in [-0.15, -0.1) is 11.3 Å². The highest BCUT2D eigenvalue weighted by Gasteiger charge is 2.05. The fraction of sp³-hybridized carbons (Fsp3) is 0.667. The normalized spacial score (nSPS) is 10.6. The molecule has 1 aromatic rings. The van der Waals surface area contributed by atoms with Crippen LogP contribution in [0.2, 0.25) is 0 Å². The van der Waals surface area contributed by atoms with Crippen LogP contribution in [0, 0.1) is 6.92 Å². The van der Waals surface area contributed by atoms with Crippen LogP contribution < -0.4 is 0 Å². The van der Waals surface area contributed by atoms with Crippen LogP contribution in [-0.4, -0.2) is 16.7 Å². The predicted octanol–water partition coefficient (Wildman–Crippen LogP) is 1.94. The van der Waals surface area contributed by atoms with Crippen molar-refractivity contribution in [1.29, 1.82) is 0 Å². The molecule has 0 bridgehead atoms. The van der Waals surface area contributed by atoms with E-state index in [9.17, 15) is 0 Å². The first kappa shape index (κ1) is 9.68. The van der Waals surface area contributed by atoms with Crippen LogP contribution in [0.25, 0.3) is 0 Å². The number of thiazole rings is 1. The minimum atomic E-state index is 0.207. The van der Waals surface area contributed by atoms with E-state index in [1.54, 1.807) is 11.3 Å². The molecule has 0 radical (unpaired) electrons. The topological polar surface area (TPSA) is 33.1 Å². The van der Waals surface area contributed by atoms with Crippen LogP contribution in [-0.2, 0) is 12.8 Å². The van der Waals surface area contributed by atoms with Gasteiger partial charge in [0, 0.05) is 17.9 Å². The summed E-state index contributed by atoms with van der Waals surface area (Å²) in [6, 6.07) is 0. The summed E-state index contributed by atoms with van der Waals surface area (Å²) in [7, 11) is 0. The van der Waals surface area contributed by atoms with Crippen molar-refractivity contribution < 1.29 is 5.11 Å². The van der Waals surface area contributed by atoms with Crippen LogP contribution in [0.1, 0.15) is 28.9 Å². The van der Waals surface area contributed by atoms with Crippen molar-refractivity contribution in [3.05, 3.63) is 15.6 Å². The van der Waals surface area contributed by atoms with E-state index in [-0.39, 0.29) is 6.61 Å². The van der Waals surface area contributed by atoms with E-state index >= 15 is 0 Å². The van der Waals surface area contributed by atoms with Gasteiger partial charge in [-0.1, -0.05) is 13.3 Å². The fourth-order valence-corrected chi connectivity index (χ4v) is 2.13. The quantitative estimate of drug-likeness (QED) is 0.777. The van der Waals surface area contributed by atoms with Crippen LogP contribution in [0.5, 0.6) is 0 Å². The van der Waals surface area contributed by atoms with Crippen LogP contribution in [0.3, 0.4) is 0 Å². The van der Waals surface area contributed by atoms with E-state index in [0.717, 1.165) is 17.8 Å². The molecule has 0 aromatic carbocycles. The minimum absolute atomic E-state index is 0.207. The molecule has 0 fully saturated rings. The van der Waals surface area contributed by atoms with E-state index in [2.05, 4.69) is 18.8 Å². The smallest absolute Gasteiger partial charge is 0.0953 e. The Morgan fingerprint density at radius 2 is 2.17 bits per heavy atom. The molecule has 0 unspecified atom stereocenters. The van der Waals surface area contributed by atoms with Gasteiger partial charge in [-0.25, -0.2) is 4.98 Å². The first-order valence-corrected chi connectivity index (χ1v) is 5.15. The van der Waals surface area contributed by atoms with Crippen molar-refractivity contribution in [2.24, 2.45) is 0 Å². The maximum atomic E-state index is 8.72. The lowest BCUT2D eigenvalue weighted by atomic mass is 10.2. The first-order valence-electron chi connectivity index (χ1n) is 4.34. The molecule has 0 aliphatic heterocycles. The summed E-state index contributed by atoms with van der Waals surface area (Å²) in [5.41, 5.74) is 1.21. The molecule has 0 spiro atoms. The maximum Gasteiger partial charge on any atom is 0.0953 e. The Morgan fingerprint density at radius 3 is 2.75 bits per heavy atom. The van der Waals surface area contributed by atoms with Crippen molar-refractivity contribution in [1.82, 2.24) is 4.98 Å². The van der Waals surface area contributed by atoms with Crippen LogP contribution in [0.4, 0.5) is 0 Å². The molecule has 2 nitrogen and oxygen atoms in total. The van der Waals surface area contributed by atoms with Gasteiger partial charge in [-0.05, 0) is 13.3 Å². The van der Waals surface area contributed by atoms with Gasteiger partial charge in [0.2, 0.25) is 0 Å². The Kier molecular flexibility index (Phi) is 3.69. The van der Waals surface area contributed by atoms with Gasteiger partial charge < -0.3 is 5.11 Å². The molecule has 0 saturated carbocycles. The second kappa shape index (κ2) is 4.58. The molecule has 3 heteroatoms. The van der Waals surface area contributed by atoms with E-state index in [0.29, 0.717) is 6.42 Å². The summed E-state index contributed by atoms with van der Waals surface area (Å²) in [6.07, 6.45) is 2.91. The number of aliphatic hydroxyl groups is 1. The molecule has 0 aliphatic carbocycles. The lowest BCUT2D eigenvalue weighted by Gasteiger charge is -1.91. The number of rotatable bonds is 4. The number of aryl methyl sites for hydroxylation is 2. The Morgan fingerprint density at radius 1 is 1.42 bits per heavy atom. The summed E-state index contributed by atoms with van der Waals surface area (Å²) in [6.45, 7) is 4.46. The molecular formula is C9H15NOS. The fourth-order valence-electron chi connectivity index (χ4n) is 1.16. The lowest BCUT2D eigenvalue weighted by molar-refractivity contribution is 0.299. The number of hydrogen-bond acceptors (Lipinski definition) is 3. The van der Waals surface area contributed by atoms with E-state index in [1.807, 2.05) is 0 Å². The van der Waals surface area contributed by atoms with Gasteiger partial charge in [0.15, 0.2) is 0 Å². The molecular weight excluding hydrogens is 170 g/mol. The molecule has 0 amide bonds. The average molecular weight is 185 g/mol. The molecule has 68 valence electrons. The lowest BCUT2D eigenvalue weighted by Crippen LogP contribution is -1.91. The Hall–Kier alpha value is -0.410. The standard InChI is InChI=1S/C9H15NOS/c1-3-4-8-7(2)12-9(10-8)5-6-11/h11H,3-6H2,1-2H3. The maximum absolute atomic E-state index is 8.72. The van der Waals surface area contributed by atoms with Gasteiger partial charge in [-0.2, -0.15) is 0 Å². The molecule has 1 N–H and O–H groups in total. The highest BCUT2D eigenvalue weighted by Crippen LogP contribution is 2.18.